The van der Waals surface area contributed by atoms with Crippen LogP contribution in [0, 0.1) is 0 Å². The van der Waals surface area contributed by atoms with Crippen LogP contribution in [0.5, 0.6) is 5.75 Å². The number of nitrogens with zero attached hydrogens (tertiary/aromatic N) is 1. The van der Waals surface area contributed by atoms with E-state index in [-0.39, 0.29) is 12.3 Å². The van der Waals surface area contributed by atoms with Gasteiger partial charge in [-0.2, -0.15) is 5.10 Å². The van der Waals surface area contributed by atoms with Crippen LogP contribution in [0.4, 0.5) is 0 Å². The Kier molecular flexibility index (Phi) is 5.46. The summed E-state index contributed by atoms with van der Waals surface area (Å²) >= 11 is 0. The highest BCUT2D eigenvalue weighted by Gasteiger charge is 2.12. The minimum atomic E-state index is -0.834. The molecule has 0 aliphatic carbocycles. The number of benzene rings is 2. The van der Waals surface area contributed by atoms with Crippen molar-refractivity contribution >= 4 is 17.5 Å². The van der Waals surface area contributed by atoms with Crippen molar-refractivity contribution in [3.63, 3.8) is 0 Å². The third-order valence-electron chi connectivity index (χ3n) is 3.11. The molecule has 2 aromatic carbocycles. The maximum Gasteiger partial charge on any atom is 0.329 e. The smallest absolute Gasteiger partial charge is 0.329 e. The first-order valence-electron chi connectivity index (χ1n) is 7.02. The van der Waals surface area contributed by atoms with Crippen molar-refractivity contribution in [1.29, 1.82) is 0 Å². The molecule has 6 heteroatoms. The van der Waals surface area contributed by atoms with E-state index < -0.39 is 11.8 Å². The topological polar surface area (TPSA) is 90.8 Å². The number of carbonyl (C=O) groups excluding carboxylic acids is 2. The summed E-state index contributed by atoms with van der Waals surface area (Å²) in [5.74, 6) is -1.44. The second-order valence-corrected chi connectivity index (χ2v) is 4.85. The van der Waals surface area contributed by atoms with E-state index in [2.05, 4.69) is 15.8 Å². The lowest BCUT2D eigenvalue weighted by atomic mass is 10.1. The average molecular weight is 311 g/mol. The maximum atomic E-state index is 11.7. The number of rotatable bonds is 4. The van der Waals surface area contributed by atoms with Crippen molar-refractivity contribution in [3.8, 4) is 5.75 Å². The predicted octanol–water partition coefficient (Wildman–Crippen LogP) is 1.55. The fourth-order valence-electron chi connectivity index (χ4n) is 1.81. The van der Waals surface area contributed by atoms with Crippen molar-refractivity contribution in [2.45, 2.75) is 13.5 Å². The van der Waals surface area contributed by atoms with Gasteiger partial charge in [-0.15, -0.1) is 0 Å². The number of aromatic hydroxyl groups is 1. The fourth-order valence-corrected chi connectivity index (χ4v) is 1.81. The molecule has 0 unspecified atom stereocenters. The maximum absolute atomic E-state index is 11.7. The number of hydrogen-bond donors (Lipinski definition) is 3. The highest BCUT2D eigenvalue weighted by atomic mass is 16.3. The summed E-state index contributed by atoms with van der Waals surface area (Å²) in [6, 6.07) is 15.6. The number of hydrogen-bond acceptors (Lipinski definition) is 4. The van der Waals surface area contributed by atoms with Crippen LogP contribution in [0.15, 0.2) is 59.7 Å². The summed E-state index contributed by atoms with van der Waals surface area (Å²) < 4.78 is 0. The summed E-state index contributed by atoms with van der Waals surface area (Å²) in [6.45, 7) is 1.96. The lowest BCUT2D eigenvalue weighted by molar-refractivity contribution is -0.139. The first kappa shape index (κ1) is 16.2. The highest BCUT2D eigenvalue weighted by Crippen LogP contribution is 2.10. The Balaban J connectivity index is 1.87. The standard InChI is InChI=1S/C17H17N3O3/c1-12(14-7-9-15(21)10-8-14)19-20-17(23)16(22)18-11-13-5-3-2-4-6-13/h2-10,21H,11H2,1H3,(H,18,22)(H,20,23)/b19-12+. The van der Waals surface area contributed by atoms with Crippen LogP contribution in [0.2, 0.25) is 0 Å². The summed E-state index contributed by atoms with van der Waals surface area (Å²) in [5, 5.41) is 15.6. The molecule has 2 rings (SSSR count). The molecule has 2 amide bonds. The van der Waals surface area contributed by atoms with Gasteiger partial charge in [0.1, 0.15) is 5.75 Å². The molecule has 3 N–H and O–H groups in total. The van der Waals surface area contributed by atoms with E-state index in [0.29, 0.717) is 5.71 Å². The molecule has 0 bridgehead atoms. The molecule has 0 radical (unpaired) electrons. The molecule has 0 aliphatic rings. The molecular formula is C17H17N3O3. The Morgan fingerprint density at radius 3 is 2.30 bits per heavy atom. The van der Waals surface area contributed by atoms with E-state index in [0.717, 1.165) is 11.1 Å². The molecule has 0 atom stereocenters. The monoisotopic (exact) mass is 311 g/mol. The number of carbonyl (C=O) groups is 2. The largest absolute Gasteiger partial charge is 0.508 e. The van der Waals surface area contributed by atoms with Crippen LogP contribution >= 0.6 is 0 Å². The van der Waals surface area contributed by atoms with E-state index in [1.54, 1.807) is 19.1 Å². The number of hydrazone groups is 1. The van der Waals surface area contributed by atoms with Crippen molar-refractivity contribution in [1.82, 2.24) is 10.7 Å². The quantitative estimate of drug-likeness (QED) is 0.454. The van der Waals surface area contributed by atoms with Crippen LogP contribution in [0.1, 0.15) is 18.1 Å². The Hall–Kier alpha value is -3.15. The van der Waals surface area contributed by atoms with E-state index in [1.165, 1.54) is 12.1 Å². The van der Waals surface area contributed by atoms with Gasteiger partial charge in [-0.1, -0.05) is 30.3 Å². The zero-order chi connectivity index (χ0) is 16.7. The molecule has 6 nitrogen and oxygen atoms in total. The molecule has 2 aromatic rings. The van der Waals surface area contributed by atoms with Crippen LogP contribution in [0.3, 0.4) is 0 Å². The third kappa shape index (κ3) is 4.96. The Morgan fingerprint density at radius 2 is 1.65 bits per heavy atom. The lowest BCUT2D eigenvalue weighted by Crippen LogP contribution is -2.37. The van der Waals surface area contributed by atoms with Gasteiger partial charge < -0.3 is 10.4 Å². The van der Waals surface area contributed by atoms with Gasteiger partial charge in [0.15, 0.2) is 0 Å². The third-order valence-corrected chi connectivity index (χ3v) is 3.11. The van der Waals surface area contributed by atoms with Gasteiger partial charge in [0.05, 0.1) is 5.71 Å². The minimum Gasteiger partial charge on any atom is -0.508 e. The molecule has 0 saturated heterocycles. The molecule has 0 spiro atoms. The molecule has 0 aromatic heterocycles. The summed E-state index contributed by atoms with van der Waals surface area (Å²) in [4.78, 5) is 23.4. The van der Waals surface area contributed by atoms with Crippen molar-refractivity contribution in [3.05, 3.63) is 65.7 Å². The van der Waals surface area contributed by atoms with Gasteiger partial charge in [-0.05, 0) is 42.3 Å². The normalized spacial score (nSPS) is 10.9. The van der Waals surface area contributed by atoms with E-state index in [1.807, 2.05) is 30.3 Å². The van der Waals surface area contributed by atoms with Gasteiger partial charge in [0.2, 0.25) is 0 Å². The number of phenols is 1. The Labute approximate surface area is 133 Å². The van der Waals surface area contributed by atoms with E-state index in [4.69, 9.17) is 0 Å². The van der Waals surface area contributed by atoms with Crippen molar-refractivity contribution in [2.75, 3.05) is 0 Å². The highest BCUT2D eigenvalue weighted by molar-refractivity contribution is 6.35. The summed E-state index contributed by atoms with van der Waals surface area (Å²) in [6.07, 6.45) is 0. The molecular weight excluding hydrogens is 294 g/mol. The molecule has 0 heterocycles. The van der Waals surface area contributed by atoms with Gasteiger partial charge in [0.25, 0.3) is 0 Å². The van der Waals surface area contributed by atoms with Crippen LogP contribution in [0.25, 0.3) is 0 Å². The number of phenolic OH excluding ortho intramolecular Hbond substituents is 1. The lowest BCUT2D eigenvalue weighted by Gasteiger charge is -2.05. The first-order chi connectivity index (χ1) is 11.1. The summed E-state index contributed by atoms with van der Waals surface area (Å²) in [5.41, 5.74) is 4.36. The summed E-state index contributed by atoms with van der Waals surface area (Å²) in [7, 11) is 0. The van der Waals surface area contributed by atoms with Crippen molar-refractivity contribution in [2.24, 2.45) is 5.10 Å². The fraction of sp³-hybridized carbons (Fsp3) is 0.118. The number of amides is 2. The van der Waals surface area contributed by atoms with Crippen LogP contribution < -0.4 is 10.7 Å². The average Bonchev–Trinajstić information content (AvgIpc) is 2.58. The second kappa shape index (κ2) is 7.74. The van der Waals surface area contributed by atoms with E-state index in [9.17, 15) is 14.7 Å². The Morgan fingerprint density at radius 1 is 1.00 bits per heavy atom. The second-order valence-electron chi connectivity index (χ2n) is 4.85. The molecule has 0 saturated carbocycles. The zero-order valence-corrected chi connectivity index (χ0v) is 12.6. The zero-order valence-electron chi connectivity index (χ0n) is 12.6. The molecule has 0 fully saturated rings. The molecule has 23 heavy (non-hydrogen) atoms. The van der Waals surface area contributed by atoms with Crippen LogP contribution in [-0.4, -0.2) is 22.6 Å². The van der Waals surface area contributed by atoms with Crippen LogP contribution in [-0.2, 0) is 16.1 Å². The predicted molar refractivity (Wildman–Crippen MR) is 86.7 cm³/mol. The van der Waals surface area contributed by atoms with Gasteiger partial charge in [0, 0.05) is 6.54 Å². The van der Waals surface area contributed by atoms with E-state index >= 15 is 0 Å². The van der Waals surface area contributed by atoms with Gasteiger partial charge in [-0.3, -0.25) is 9.59 Å². The van der Waals surface area contributed by atoms with Gasteiger partial charge in [-0.25, -0.2) is 5.43 Å². The minimum absolute atomic E-state index is 0.144. The first-order valence-corrected chi connectivity index (χ1v) is 7.02. The SMILES string of the molecule is C/C(=N\NC(=O)C(=O)NCc1ccccc1)c1ccc(O)cc1. The molecule has 118 valence electrons. The molecule has 0 aliphatic heterocycles. The van der Waals surface area contributed by atoms with Gasteiger partial charge >= 0.3 is 11.8 Å². The van der Waals surface area contributed by atoms with Crippen molar-refractivity contribution < 1.29 is 14.7 Å². The Bertz CT molecular complexity index is 710. The number of nitrogens with one attached hydrogen (secondary N) is 2.